The standard InChI is InChI=1S/C30H36N6O3S/c1-38-23-8-9-26(39-2)27(19-23)40-28-24(7-4-12-31-28)29(37)35-13-10-21-20-32-30(33-25(21)11-14-35)36-17-15-34(16-18-36)22-5-3-6-22/h4,7-9,12,19-20,22H,3,5-6,10-11,13-18H2,1-2H3. The van der Waals surface area contributed by atoms with Crippen molar-refractivity contribution in [2.75, 3.05) is 58.4 Å². The summed E-state index contributed by atoms with van der Waals surface area (Å²) in [7, 11) is 3.27. The average molecular weight is 561 g/mol. The number of methoxy groups -OCH3 is 2. The summed E-state index contributed by atoms with van der Waals surface area (Å²) in [5, 5.41) is 0.643. The first kappa shape index (κ1) is 26.8. The van der Waals surface area contributed by atoms with Gasteiger partial charge in [0.2, 0.25) is 5.95 Å². The third-order valence-corrected chi connectivity index (χ3v) is 9.32. The molecule has 0 N–H and O–H groups in total. The summed E-state index contributed by atoms with van der Waals surface area (Å²) in [6, 6.07) is 10.1. The molecule has 0 unspecified atom stereocenters. The molecule has 6 rings (SSSR count). The summed E-state index contributed by atoms with van der Waals surface area (Å²) >= 11 is 1.41. The molecule has 10 heteroatoms. The van der Waals surface area contributed by atoms with E-state index >= 15 is 0 Å². The van der Waals surface area contributed by atoms with E-state index in [1.807, 2.05) is 41.4 Å². The molecule has 3 aliphatic rings. The van der Waals surface area contributed by atoms with Crippen LogP contribution in [-0.4, -0.2) is 90.2 Å². The molecule has 1 saturated heterocycles. The Morgan fingerprint density at radius 3 is 2.55 bits per heavy atom. The van der Waals surface area contributed by atoms with Gasteiger partial charge in [-0.15, -0.1) is 0 Å². The molecule has 2 fully saturated rings. The van der Waals surface area contributed by atoms with Crippen LogP contribution in [0.25, 0.3) is 0 Å². The predicted octanol–water partition coefficient (Wildman–Crippen LogP) is 3.96. The fourth-order valence-corrected chi connectivity index (χ4v) is 6.65. The molecule has 4 heterocycles. The molecule has 2 aliphatic heterocycles. The van der Waals surface area contributed by atoms with Crippen LogP contribution in [-0.2, 0) is 12.8 Å². The van der Waals surface area contributed by atoms with Gasteiger partial charge in [-0.2, -0.15) is 0 Å². The SMILES string of the molecule is COc1ccc(OC)c(Sc2ncccc2C(=O)N2CCc3cnc(N4CCN(C5CCC5)CC4)nc3CC2)c1. The Labute approximate surface area is 239 Å². The molecule has 2 aromatic heterocycles. The second-order valence-electron chi connectivity index (χ2n) is 10.5. The van der Waals surface area contributed by atoms with E-state index in [1.54, 1.807) is 20.4 Å². The third-order valence-electron chi connectivity index (χ3n) is 8.27. The summed E-state index contributed by atoms with van der Waals surface area (Å²) in [4.78, 5) is 35.8. The number of rotatable bonds is 7. The van der Waals surface area contributed by atoms with Gasteiger partial charge in [0.05, 0.1) is 30.4 Å². The molecule has 1 aromatic carbocycles. The van der Waals surface area contributed by atoms with Crippen molar-refractivity contribution in [2.45, 2.75) is 48.1 Å². The van der Waals surface area contributed by atoms with Gasteiger partial charge in [0.1, 0.15) is 16.5 Å². The maximum atomic E-state index is 13.8. The minimum atomic E-state index is -0.0226. The first-order valence-corrected chi connectivity index (χ1v) is 14.9. The van der Waals surface area contributed by atoms with Crippen LogP contribution >= 0.6 is 11.8 Å². The number of benzene rings is 1. The molecule has 0 radical (unpaired) electrons. The number of nitrogens with zero attached hydrogens (tertiary/aromatic N) is 6. The second kappa shape index (κ2) is 12.0. The number of fused-ring (bicyclic) bond motifs is 1. The molecule has 0 bridgehead atoms. The van der Waals surface area contributed by atoms with Crippen LogP contribution in [0.15, 0.2) is 52.6 Å². The van der Waals surface area contributed by atoms with Crippen LogP contribution in [0.2, 0.25) is 0 Å². The van der Waals surface area contributed by atoms with E-state index in [0.717, 1.165) is 66.5 Å². The predicted molar refractivity (Wildman–Crippen MR) is 155 cm³/mol. The fourth-order valence-electron chi connectivity index (χ4n) is 5.63. The van der Waals surface area contributed by atoms with E-state index in [2.05, 4.69) is 14.8 Å². The molecule has 0 spiro atoms. The van der Waals surface area contributed by atoms with Gasteiger partial charge >= 0.3 is 0 Å². The lowest BCUT2D eigenvalue weighted by atomic mass is 9.91. The number of ether oxygens (including phenoxy) is 2. The quantitative estimate of drug-likeness (QED) is 0.426. The Morgan fingerprint density at radius 2 is 1.80 bits per heavy atom. The number of pyridine rings is 1. The summed E-state index contributed by atoms with van der Waals surface area (Å²) in [6.07, 6.45) is 9.21. The maximum Gasteiger partial charge on any atom is 0.256 e. The maximum absolute atomic E-state index is 13.8. The van der Waals surface area contributed by atoms with Gasteiger partial charge in [0.25, 0.3) is 5.91 Å². The topological polar surface area (TPSA) is 83.9 Å². The van der Waals surface area contributed by atoms with E-state index in [4.69, 9.17) is 19.4 Å². The summed E-state index contributed by atoms with van der Waals surface area (Å²) < 4.78 is 10.9. The molecule has 1 amide bonds. The molecule has 3 aromatic rings. The highest BCUT2D eigenvalue weighted by molar-refractivity contribution is 7.99. The van der Waals surface area contributed by atoms with Gasteiger partial charge in [-0.1, -0.05) is 18.2 Å². The van der Waals surface area contributed by atoms with E-state index in [0.29, 0.717) is 35.8 Å². The Hall–Kier alpha value is -3.37. The van der Waals surface area contributed by atoms with Crippen LogP contribution in [0.3, 0.4) is 0 Å². The molecule has 40 heavy (non-hydrogen) atoms. The zero-order chi connectivity index (χ0) is 27.5. The van der Waals surface area contributed by atoms with Crippen LogP contribution in [0, 0.1) is 0 Å². The first-order chi connectivity index (χ1) is 19.6. The van der Waals surface area contributed by atoms with Crippen LogP contribution in [0.4, 0.5) is 5.95 Å². The number of aromatic nitrogens is 3. The van der Waals surface area contributed by atoms with Crippen molar-refractivity contribution in [3.63, 3.8) is 0 Å². The van der Waals surface area contributed by atoms with Crippen molar-refractivity contribution >= 4 is 23.6 Å². The van der Waals surface area contributed by atoms with Gasteiger partial charge in [0.15, 0.2) is 0 Å². The summed E-state index contributed by atoms with van der Waals surface area (Å²) in [6.45, 7) is 5.34. The van der Waals surface area contributed by atoms with Crippen molar-refractivity contribution in [1.82, 2.24) is 24.8 Å². The van der Waals surface area contributed by atoms with E-state index in [1.165, 1.54) is 31.0 Å². The third kappa shape index (κ3) is 5.60. The van der Waals surface area contributed by atoms with Crippen molar-refractivity contribution in [1.29, 1.82) is 0 Å². The van der Waals surface area contributed by atoms with Gasteiger partial charge in [-0.25, -0.2) is 15.0 Å². The number of piperazine rings is 1. The zero-order valence-corrected chi connectivity index (χ0v) is 24.0. The van der Waals surface area contributed by atoms with Crippen molar-refractivity contribution < 1.29 is 14.3 Å². The van der Waals surface area contributed by atoms with Crippen molar-refractivity contribution in [3.05, 3.63) is 59.5 Å². The number of amides is 1. The Balaban J connectivity index is 1.14. The van der Waals surface area contributed by atoms with Gasteiger partial charge in [-0.05, 0) is 55.2 Å². The van der Waals surface area contributed by atoms with Gasteiger partial charge in [-0.3, -0.25) is 9.69 Å². The van der Waals surface area contributed by atoms with Crippen LogP contribution in [0.1, 0.15) is 40.9 Å². The smallest absolute Gasteiger partial charge is 0.256 e. The van der Waals surface area contributed by atoms with Gasteiger partial charge in [0, 0.05) is 64.1 Å². The highest BCUT2D eigenvalue weighted by atomic mass is 32.2. The van der Waals surface area contributed by atoms with Gasteiger partial charge < -0.3 is 19.3 Å². The second-order valence-corrected chi connectivity index (χ2v) is 11.5. The first-order valence-electron chi connectivity index (χ1n) is 14.1. The molecule has 0 atom stereocenters. The van der Waals surface area contributed by atoms with E-state index in [-0.39, 0.29) is 5.91 Å². The lowest BCUT2D eigenvalue weighted by molar-refractivity contribution is 0.0758. The lowest BCUT2D eigenvalue weighted by Crippen LogP contribution is -2.52. The minimum Gasteiger partial charge on any atom is -0.497 e. The Bertz CT molecular complexity index is 1360. The number of anilines is 1. The fraction of sp³-hybridized carbons (Fsp3) is 0.467. The molecule has 1 aliphatic carbocycles. The monoisotopic (exact) mass is 560 g/mol. The molecular weight excluding hydrogens is 524 g/mol. The van der Waals surface area contributed by atoms with E-state index < -0.39 is 0 Å². The van der Waals surface area contributed by atoms with Crippen molar-refractivity contribution in [3.8, 4) is 11.5 Å². The minimum absolute atomic E-state index is 0.0226. The normalized spacial score (nSPS) is 18.1. The van der Waals surface area contributed by atoms with Crippen LogP contribution < -0.4 is 14.4 Å². The largest absolute Gasteiger partial charge is 0.497 e. The number of carbonyl (C=O) groups is 1. The number of hydrogen-bond acceptors (Lipinski definition) is 9. The zero-order valence-electron chi connectivity index (χ0n) is 23.2. The van der Waals surface area contributed by atoms with Crippen LogP contribution in [0.5, 0.6) is 11.5 Å². The van der Waals surface area contributed by atoms with E-state index in [9.17, 15) is 4.79 Å². The summed E-state index contributed by atoms with van der Waals surface area (Å²) in [5.74, 6) is 2.23. The average Bonchev–Trinajstić information content (AvgIpc) is 3.19. The molecule has 9 nitrogen and oxygen atoms in total. The highest BCUT2D eigenvalue weighted by Crippen LogP contribution is 2.38. The lowest BCUT2D eigenvalue weighted by Gasteiger charge is -2.43. The summed E-state index contributed by atoms with van der Waals surface area (Å²) in [5.41, 5.74) is 2.78. The highest BCUT2D eigenvalue weighted by Gasteiger charge is 2.29. The molecule has 210 valence electrons. The Morgan fingerprint density at radius 1 is 0.975 bits per heavy atom. The van der Waals surface area contributed by atoms with Crippen molar-refractivity contribution in [2.24, 2.45) is 0 Å². The molecule has 1 saturated carbocycles. The number of hydrogen-bond donors (Lipinski definition) is 0. The number of carbonyl (C=O) groups excluding carboxylic acids is 1. The molecular formula is C30H36N6O3S. The Kier molecular flexibility index (Phi) is 8.06.